The summed E-state index contributed by atoms with van der Waals surface area (Å²) in [6, 6.07) is 6.77. The summed E-state index contributed by atoms with van der Waals surface area (Å²) in [5.74, 6) is 2.55. The highest BCUT2D eigenvalue weighted by molar-refractivity contribution is 5.48. The predicted octanol–water partition coefficient (Wildman–Crippen LogP) is 1.54. The van der Waals surface area contributed by atoms with E-state index < -0.39 is 0 Å². The third-order valence-corrected chi connectivity index (χ3v) is 5.45. The van der Waals surface area contributed by atoms with Gasteiger partial charge in [0.1, 0.15) is 0 Å². The molecule has 0 amide bonds. The molecule has 5 rings (SSSR count). The van der Waals surface area contributed by atoms with Gasteiger partial charge in [-0.05, 0) is 31.0 Å². The Bertz CT molecular complexity index is 770. The third kappa shape index (κ3) is 2.82. The number of fused-ring (bicyclic) bond motifs is 1. The molecule has 0 N–H and O–H groups in total. The number of aromatic nitrogens is 4. The van der Waals surface area contributed by atoms with Crippen molar-refractivity contribution < 1.29 is 4.74 Å². The molecule has 0 aromatic carbocycles. The fraction of sp³-hybridized carbons (Fsp3) is 0.556. The normalized spacial score (nSPS) is 20.1. The summed E-state index contributed by atoms with van der Waals surface area (Å²) in [5, 5.41) is 17.6. The smallest absolute Gasteiger partial charge is 0.151 e. The van der Waals surface area contributed by atoms with Gasteiger partial charge in [0.05, 0.1) is 30.6 Å². The molecule has 0 radical (unpaired) electrons. The van der Waals surface area contributed by atoms with Crippen molar-refractivity contribution in [1.29, 1.82) is 0 Å². The van der Waals surface area contributed by atoms with Gasteiger partial charge in [-0.25, -0.2) is 0 Å². The lowest BCUT2D eigenvalue weighted by Gasteiger charge is -2.44. The molecule has 3 aliphatic rings. The van der Waals surface area contributed by atoms with Gasteiger partial charge in [0.2, 0.25) is 0 Å². The average Bonchev–Trinajstić information content (AvgIpc) is 3.46. The largest absolute Gasteiger partial charge is 0.376 e. The molecule has 0 bridgehead atoms. The van der Waals surface area contributed by atoms with Crippen LogP contribution < -0.4 is 9.80 Å². The quantitative estimate of drug-likeness (QED) is 0.838. The predicted molar refractivity (Wildman–Crippen MR) is 93.8 cm³/mol. The first-order chi connectivity index (χ1) is 12.3. The summed E-state index contributed by atoms with van der Waals surface area (Å²) in [5.41, 5.74) is 3.38. The van der Waals surface area contributed by atoms with Crippen molar-refractivity contribution in [2.75, 3.05) is 36.5 Å². The summed E-state index contributed by atoms with van der Waals surface area (Å²) < 4.78 is 5.53. The molecular weight excluding hydrogens is 316 g/mol. The molecule has 2 aliphatic heterocycles. The Morgan fingerprint density at radius 1 is 1.12 bits per heavy atom. The first kappa shape index (κ1) is 15.0. The maximum absolute atomic E-state index is 5.53. The van der Waals surface area contributed by atoms with Gasteiger partial charge in [-0.3, -0.25) is 0 Å². The minimum absolute atomic E-state index is 0.418. The molecule has 0 atom stereocenters. The number of ether oxygens (including phenoxy) is 1. The molecule has 7 nitrogen and oxygen atoms in total. The van der Waals surface area contributed by atoms with Gasteiger partial charge in [-0.15, -0.1) is 10.2 Å². The van der Waals surface area contributed by atoms with Gasteiger partial charge in [0, 0.05) is 38.0 Å². The van der Waals surface area contributed by atoms with Crippen molar-refractivity contribution in [1.82, 2.24) is 20.4 Å². The highest BCUT2D eigenvalue weighted by Gasteiger charge is 2.33. The monoisotopic (exact) mass is 338 g/mol. The van der Waals surface area contributed by atoms with Crippen molar-refractivity contribution in [3.05, 3.63) is 35.2 Å². The molecule has 130 valence electrons. The number of rotatable bonds is 4. The van der Waals surface area contributed by atoms with Crippen molar-refractivity contribution in [3.63, 3.8) is 0 Å². The Kier molecular flexibility index (Phi) is 3.55. The number of hydrogen-bond acceptors (Lipinski definition) is 7. The number of anilines is 2. The molecule has 1 aliphatic carbocycles. The van der Waals surface area contributed by atoms with Crippen LogP contribution >= 0.6 is 0 Å². The average molecular weight is 338 g/mol. The Balaban J connectivity index is 1.23. The zero-order valence-electron chi connectivity index (χ0n) is 14.4. The first-order valence-electron chi connectivity index (χ1n) is 9.02. The van der Waals surface area contributed by atoms with E-state index in [0.717, 1.165) is 49.1 Å². The maximum Gasteiger partial charge on any atom is 0.151 e. The molecule has 7 heteroatoms. The van der Waals surface area contributed by atoms with Crippen LogP contribution in [-0.4, -0.2) is 53.2 Å². The summed E-state index contributed by atoms with van der Waals surface area (Å²) in [4.78, 5) is 4.48. The van der Waals surface area contributed by atoms with Crippen LogP contribution in [0.3, 0.4) is 0 Å². The summed E-state index contributed by atoms with van der Waals surface area (Å²) in [7, 11) is 2.09. The van der Waals surface area contributed by atoms with Crippen LogP contribution in [0.1, 0.15) is 35.7 Å². The number of nitrogens with zero attached hydrogens (tertiary/aromatic N) is 6. The molecule has 2 aromatic rings. The van der Waals surface area contributed by atoms with E-state index in [9.17, 15) is 0 Å². The molecule has 4 heterocycles. The van der Waals surface area contributed by atoms with Crippen LogP contribution in [0.15, 0.2) is 18.2 Å². The van der Waals surface area contributed by atoms with E-state index in [1.165, 1.54) is 18.4 Å². The Labute approximate surface area is 147 Å². The molecule has 25 heavy (non-hydrogen) atoms. The van der Waals surface area contributed by atoms with E-state index in [0.29, 0.717) is 18.6 Å². The lowest BCUT2D eigenvalue weighted by atomic mass is 10.1. The highest BCUT2D eigenvalue weighted by atomic mass is 16.5. The summed E-state index contributed by atoms with van der Waals surface area (Å²) in [6.07, 6.45) is 3.38. The van der Waals surface area contributed by atoms with Gasteiger partial charge in [-0.2, -0.15) is 10.2 Å². The van der Waals surface area contributed by atoms with Crippen molar-refractivity contribution in [2.24, 2.45) is 0 Å². The van der Waals surface area contributed by atoms with E-state index in [4.69, 9.17) is 4.74 Å². The van der Waals surface area contributed by atoms with Crippen molar-refractivity contribution in [3.8, 4) is 0 Å². The maximum atomic E-state index is 5.53. The topological polar surface area (TPSA) is 67.3 Å². The van der Waals surface area contributed by atoms with Crippen LogP contribution in [0.2, 0.25) is 0 Å². The molecule has 2 fully saturated rings. The van der Waals surface area contributed by atoms with Gasteiger partial charge >= 0.3 is 0 Å². The Morgan fingerprint density at radius 2 is 2.00 bits per heavy atom. The molecular formula is C18H22N6O. The van der Waals surface area contributed by atoms with E-state index in [1.807, 2.05) is 0 Å². The molecule has 1 saturated heterocycles. The molecule has 0 spiro atoms. The lowest BCUT2D eigenvalue weighted by molar-refractivity contribution is 0.109. The van der Waals surface area contributed by atoms with Crippen LogP contribution in [0, 0.1) is 0 Å². The minimum Gasteiger partial charge on any atom is -0.376 e. The standard InChI is InChI=1S/C18H22N6O/c1-23(18-8-13-11-25-7-6-16(13)20-22-18)14-9-24(10-14)17-5-4-15(19-21-17)12-2-3-12/h4-5,8,12,14H,2-3,6-7,9-11H2,1H3. The number of hydrogen-bond donors (Lipinski definition) is 0. The van der Waals surface area contributed by atoms with E-state index in [2.05, 4.69) is 55.4 Å². The minimum atomic E-state index is 0.418. The summed E-state index contributed by atoms with van der Waals surface area (Å²) >= 11 is 0. The molecule has 0 unspecified atom stereocenters. The van der Waals surface area contributed by atoms with Crippen molar-refractivity contribution in [2.45, 2.75) is 37.8 Å². The highest BCUT2D eigenvalue weighted by Crippen LogP contribution is 2.39. The van der Waals surface area contributed by atoms with Crippen LogP contribution in [-0.2, 0) is 17.8 Å². The summed E-state index contributed by atoms with van der Waals surface area (Å²) in [6.45, 7) is 3.26. The molecule has 1 saturated carbocycles. The zero-order chi connectivity index (χ0) is 16.8. The number of likely N-dealkylation sites (N-methyl/N-ethyl adjacent to an activating group) is 1. The fourth-order valence-electron chi connectivity index (χ4n) is 3.48. The van der Waals surface area contributed by atoms with Gasteiger partial charge in [0.25, 0.3) is 0 Å². The zero-order valence-corrected chi connectivity index (χ0v) is 14.4. The Hall–Kier alpha value is -2.28. The van der Waals surface area contributed by atoms with Crippen molar-refractivity contribution >= 4 is 11.6 Å². The second-order valence-corrected chi connectivity index (χ2v) is 7.24. The van der Waals surface area contributed by atoms with Crippen LogP contribution in [0.25, 0.3) is 0 Å². The van der Waals surface area contributed by atoms with E-state index >= 15 is 0 Å². The van der Waals surface area contributed by atoms with E-state index in [-0.39, 0.29) is 0 Å². The van der Waals surface area contributed by atoms with Gasteiger partial charge in [-0.1, -0.05) is 0 Å². The Morgan fingerprint density at radius 3 is 2.76 bits per heavy atom. The van der Waals surface area contributed by atoms with Crippen LogP contribution in [0.4, 0.5) is 11.6 Å². The fourth-order valence-corrected chi connectivity index (χ4v) is 3.48. The second kappa shape index (κ2) is 5.91. The second-order valence-electron chi connectivity index (χ2n) is 7.24. The molecule has 2 aromatic heterocycles. The van der Waals surface area contributed by atoms with Gasteiger partial charge in [0.15, 0.2) is 11.6 Å². The van der Waals surface area contributed by atoms with Crippen LogP contribution in [0.5, 0.6) is 0 Å². The third-order valence-electron chi connectivity index (χ3n) is 5.45. The first-order valence-corrected chi connectivity index (χ1v) is 9.02. The van der Waals surface area contributed by atoms with E-state index in [1.54, 1.807) is 0 Å². The van der Waals surface area contributed by atoms with Gasteiger partial charge < -0.3 is 14.5 Å². The lowest BCUT2D eigenvalue weighted by Crippen LogP contribution is -2.59. The SMILES string of the molecule is CN(c1cc2c(nn1)CCOC2)C1CN(c2ccc(C3CC3)nn2)C1.